The molecule has 1 N–H and O–H groups in total. The summed E-state index contributed by atoms with van der Waals surface area (Å²) in [7, 11) is 0. The van der Waals surface area contributed by atoms with E-state index in [2.05, 4.69) is 11.6 Å². The fraction of sp³-hybridized carbons (Fsp3) is 0.222. The zero-order chi connectivity index (χ0) is 8.10. The number of pyridine rings is 1. The third-order valence-electron chi connectivity index (χ3n) is 1.49. The highest BCUT2D eigenvalue weighted by Crippen LogP contribution is 2.00. The summed E-state index contributed by atoms with van der Waals surface area (Å²) >= 11 is 4.91. The normalized spacial score (nSPS) is 9.45. The second-order valence-corrected chi connectivity index (χ2v) is 2.83. The van der Waals surface area contributed by atoms with Crippen molar-refractivity contribution in [3.8, 4) is 0 Å². The SMILES string of the molecule is C=CCCc1ccc(=S)[nH]c1. The smallest absolute Gasteiger partial charge is 0.103 e. The largest absolute Gasteiger partial charge is 0.353 e. The molecule has 1 aromatic rings. The monoisotopic (exact) mass is 165 g/mol. The van der Waals surface area contributed by atoms with Crippen LogP contribution in [0.5, 0.6) is 0 Å². The van der Waals surface area contributed by atoms with Crippen LogP contribution in [0.4, 0.5) is 0 Å². The fourth-order valence-corrected chi connectivity index (χ4v) is 0.994. The van der Waals surface area contributed by atoms with Gasteiger partial charge in [-0.3, -0.25) is 0 Å². The average molecular weight is 165 g/mol. The minimum atomic E-state index is 0.785. The maximum atomic E-state index is 4.91. The lowest BCUT2D eigenvalue weighted by atomic mass is 10.2. The van der Waals surface area contributed by atoms with Gasteiger partial charge in [-0.15, -0.1) is 6.58 Å². The van der Waals surface area contributed by atoms with Gasteiger partial charge in [0.05, 0.1) is 0 Å². The predicted molar refractivity (Wildman–Crippen MR) is 50.1 cm³/mol. The van der Waals surface area contributed by atoms with E-state index in [1.165, 1.54) is 5.56 Å². The van der Waals surface area contributed by atoms with Gasteiger partial charge in [-0.1, -0.05) is 24.4 Å². The summed E-state index contributed by atoms with van der Waals surface area (Å²) in [6.07, 6.45) is 5.92. The third kappa shape index (κ3) is 2.68. The van der Waals surface area contributed by atoms with Gasteiger partial charge >= 0.3 is 0 Å². The zero-order valence-electron chi connectivity index (χ0n) is 6.34. The molecule has 1 heterocycles. The summed E-state index contributed by atoms with van der Waals surface area (Å²) in [5.74, 6) is 0. The molecule has 0 fully saturated rings. The van der Waals surface area contributed by atoms with Gasteiger partial charge in [0, 0.05) is 6.20 Å². The highest BCUT2D eigenvalue weighted by Gasteiger charge is 1.87. The number of aryl methyl sites for hydroxylation is 1. The second-order valence-electron chi connectivity index (χ2n) is 2.39. The summed E-state index contributed by atoms with van der Waals surface area (Å²) in [5, 5.41) is 0. The van der Waals surface area contributed by atoms with Crippen LogP contribution >= 0.6 is 12.2 Å². The molecule has 0 aromatic carbocycles. The number of aromatic amines is 1. The van der Waals surface area contributed by atoms with Crippen LogP contribution in [0.25, 0.3) is 0 Å². The summed E-state index contributed by atoms with van der Waals surface area (Å²) in [6, 6.07) is 3.95. The number of allylic oxidation sites excluding steroid dienone is 1. The maximum Gasteiger partial charge on any atom is 0.103 e. The molecule has 1 aromatic heterocycles. The number of aromatic nitrogens is 1. The summed E-state index contributed by atoms with van der Waals surface area (Å²) in [5.41, 5.74) is 1.28. The number of H-pyrrole nitrogens is 1. The van der Waals surface area contributed by atoms with Crippen LogP contribution < -0.4 is 0 Å². The highest BCUT2D eigenvalue weighted by molar-refractivity contribution is 7.71. The van der Waals surface area contributed by atoms with Crippen LogP contribution in [0.3, 0.4) is 0 Å². The molecule has 2 heteroatoms. The topological polar surface area (TPSA) is 15.8 Å². The van der Waals surface area contributed by atoms with Gasteiger partial charge in [0.25, 0.3) is 0 Å². The average Bonchev–Trinajstić information content (AvgIpc) is 2.04. The van der Waals surface area contributed by atoms with Crippen LogP contribution in [0.2, 0.25) is 0 Å². The molecular formula is C9H11NS. The van der Waals surface area contributed by atoms with E-state index in [9.17, 15) is 0 Å². The summed E-state index contributed by atoms with van der Waals surface area (Å²) in [4.78, 5) is 2.99. The molecule has 0 saturated carbocycles. The molecule has 0 aliphatic carbocycles. The van der Waals surface area contributed by atoms with Gasteiger partial charge in [0.15, 0.2) is 0 Å². The molecular weight excluding hydrogens is 154 g/mol. The molecule has 0 saturated heterocycles. The first-order chi connectivity index (χ1) is 5.33. The summed E-state index contributed by atoms with van der Waals surface area (Å²) < 4.78 is 0.785. The quantitative estimate of drug-likeness (QED) is 0.538. The Hall–Kier alpha value is -0.890. The molecule has 11 heavy (non-hydrogen) atoms. The van der Waals surface area contributed by atoms with E-state index < -0.39 is 0 Å². The van der Waals surface area contributed by atoms with Gasteiger partial charge in [-0.25, -0.2) is 0 Å². The van der Waals surface area contributed by atoms with Crippen molar-refractivity contribution in [3.05, 3.63) is 41.2 Å². The molecule has 58 valence electrons. The Morgan fingerprint density at radius 3 is 2.91 bits per heavy atom. The Labute approximate surface area is 71.8 Å². The van der Waals surface area contributed by atoms with Gasteiger partial charge in [-0.05, 0) is 24.5 Å². The minimum Gasteiger partial charge on any atom is -0.353 e. The van der Waals surface area contributed by atoms with E-state index in [4.69, 9.17) is 12.2 Å². The Morgan fingerprint density at radius 1 is 1.55 bits per heavy atom. The van der Waals surface area contributed by atoms with Crippen LogP contribution in [0.15, 0.2) is 31.0 Å². The van der Waals surface area contributed by atoms with Crippen molar-refractivity contribution in [1.82, 2.24) is 4.98 Å². The number of nitrogens with one attached hydrogen (secondary N) is 1. The van der Waals surface area contributed by atoms with Gasteiger partial charge < -0.3 is 4.98 Å². The highest BCUT2D eigenvalue weighted by atomic mass is 32.1. The van der Waals surface area contributed by atoms with Crippen molar-refractivity contribution in [2.45, 2.75) is 12.8 Å². The first-order valence-electron chi connectivity index (χ1n) is 3.61. The van der Waals surface area contributed by atoms with E-state index >= 15 is 0 Å². The Morgan fingerprint density at radius 2 is 2.36 bits per heavy atom. The second kappa shape index (κ2) is 4.09. The van der Waals surface area contributed by atoms with Crippen LogP contribution in [-0.4, -0.2) is 4.98 Å². The van der Waals surface area contributed by atoms with Crippen molar-refractivity contribution in [1.29, 1.82) is 0 Å². The van der Waals surface area contributed by atoms with Gasteiger partial charge in [-0.2, -0.15) is 0 Å². The van der Waals surface area contributed by atoms with E-state index in [1.54, 1.807) is 0 Å². The molecule has 0 aliphatic heterocycles. The molecule has 0 amide bonds. The van der Waals surface area contributed by atoms with E-state index in [1.807, 2.05) is 24.4 Å². The molecule has 0 bridgehead atoms. The number of hydrogen-bond donors (Lipinski definition) is 1. The lowest BCUT2D eigenvalue weighted by molar-refractivity contribution is 0.988. The van der Waals surface area contributed by atoms with Crippen molar-refractivity contribution >= 4 is 12.2 Å². The van der Waals surface area contributed by atoms with E-state index in [0.29, 0.717) is 0 Å². The lowest BCUT2D eigenvalue weighted by Crippen LogP contribution is -1.84. The molecule has 0 aliphatic rings. The van der Waals surface area contributed by atoms with E-state index in [0.717, 1.165) is 17.5 Å². The standard InChI is InChI=1S/C9H11NS/c1-2-3-4-8-5-6-9(11)10-7-8/h2,5-7H,1,3-4H2,(H,10,11). The fourth-order valence-electron chi connectivity index (χ4n) is 0.867. The van der Waals surface area contributed by atoms with Crippen molar-refractivity contribution in [3.63, 3.8) is 0 Å². The molecule has 1 nitrogen and oxygen atoms in total. The first kappa shape index (κ1) is 8.21. The lowest BCUT2D eigenvalue weighted by Gasteiger charge is -1.95. The zero-order valence-corrected chi connectivity index (χ0v) is 7.16. The van der Waals surface area contributed by atoms with Crippen molar-refractivity contribution in [2.75, 3.05) is 0 Å². The molecule has 0 atom stereocenters. The third-order valence-corrected chi connectivity index (χ3v) is 1.74. The van der Waals surface area contributed by atoms with Gasteiger partial charge in [0.1, 0.15) is 4.64 Å². The molecule has 0 radical (unpaired) electrons. The van der Waals surface area contributed by atoms with Crippen LogP contribution in [0.1, 0.15) is 12.0 Å². The van der Waals surface area contributed by atoms with Crippen molar-refractivity contribution < 1.29 is 0 Å². The first-order valence-corrected chi connectivity index (χ1v) is 4.02. The van der Waals surface area contributed by atoms with Crippen LogP contribution in [0, 0.1) is 4.64 Å². The van der Waals surface area contributed by atoms with Gasteiger partial charge in [0.2, 0.25) is 0 Å². The summed E-state index contributed by atoms with van der Waals surface area (Å²) in [6.45, 7) is 3.66. The van der Waals surface area contributed by atoms with E-state index in [-0.39, 0.29) is 0 Å². The van der Waals surface area contributed by atoms with Crippen LogP contribution in [-0.2, 0) is 6.42 Å². The molecule has 1 rings (SSSR count). The minimum absolute atomic E-state index is 0.785. The number of rotatable bonds is 3. The maximum absolute atomic E-state index is 4.91. The Kier molecular flexibility index (Phi) is 3.05. The van der Waals surface area contributed by atoms with Crippen molar-refractivity contribution in [2.24, 2.45) is 0 Å². The Bertz CT molecular complexity index is 267. The molecule has 0 spiro atoms. The predicted octanol–water partition coefficient (Wildman–Crippen LogP) is 2.86. The molecule has 0 unspecified atom stereocenters. The Balaban J connectivity index is 2.66. The number of hydrogen-bond acceptors (Lipinski definition) is 1.